The Morgan fingerprint density at radius 2 is 2.20 bits per heavy atom. The van der Waals surface area contributed by atoms with E-state index in [0.29, 0.717) is 12.0 Å². The zero-order chi connectivity index (χ0) is 14.1. The first kappa shape index (κ1) is 13.5. The van der Waals surface area contributed by atoms with Crippen molar-refractivity contribution in [1.82, 2.24) is 14.8 Å². The Kier molecular flexibility index (Phi) is 3.74. The van der Waals surface area contributed by atoms with E-state index >= 15 is 0 Å². The van der Waals surface area contributed by atoms with Crippen LogP contribution in [0.2, 0.25) is 0 Å². The van der Waals surface area contributed by atoms with Crippen molar-refractivity contribution in [3.8, 4) is 0 Å². The van der Waals surface area contributed by atoms with Gasteiger partial charge in [0.1, 0.15) is 5.82 Å². The van der Waals surface area contributed by atoms with Crippen molar-refractivity contribution in [2.24, 2.45) is 5.92 Å². The Morgan fingerprint density at radius 3 is 2.90 bits per heavy atom. The molecule has 0 spiro atoms. The van der Waals surface area contributed by atoms with E-state index in [4.69, 9.17) is 4.74 Å². The highest BCUT2D eigenvalue weighted by Crippen LogP contribution is 2.38. The lowest BCUT2D eigenvalue weighted by Gasteiger charge is -2.29. The Bertz CT molecular complexity index is 495. The van der Waals surface area contributed by atoms with Crippen LogP contribution in [0, 0.1) is 12.8 Å². The second-order valence-electron chi connectivity index (χ2n) is 5.73. The molecule has 3 rings (SSSR count). The molecular weight excluding hydrogens is 256 g/mol. The van der Waals surface area contributed by atoms with Crippen LogP contribution < -0.4 is 5.32 Å². The predicted molar refractivity (Wildman–Crippen MR) is 74.4 cm³/mol. The fraction of sp³-hybridized carbons (Fsp3) is 0.786. The van der Waals surface area contributed by atoms with Gasteiger partial charge in [0.05, 0.1) is 12.0 Å². The number of anilines is 1. The smallest absolute Gasteiger partial charge is 0.232 e. The molecule has 2 fully saturated rings. The van der Waals surface area contributed by atoms with Crippen molar-refractivity contribution in [1.29, 1.82) is 0 Å². The van der Waals surface area contributed by atoms with E-state index in [0.717, 1.165) is 44.5 Å². The highest BCUT2D eigenvalue weighted by molar-refractivity contribution is 5.91. The minimum absolute atomic E-state index is 0.0193. The van der Waals surface area contributed by atoms with Crippen LogP contribution in [-0.4, -0.2) is 33.4 Å². The molecule has 0 bridgehead atoms. The van der Waals surface area contributed by atoms with Crippen LogP contribution in [-0.2, 0) is 9.53 Å². The van der Waals surface area contributed by atoms with Crippen molar-refractivity contribution in [3.63, 3.8) is 0 Å². The van der Waals surface area contributed by atoms with Gasteiger partial charge in [0.15, 0.2) is 0 Å². The minimum Gasteiger partial charge on any atom is -0.377 e. The number of hydrogen-bond acceptors (Lipinski definition) is 4. The molecule has 0 unspecified atom stereocenters. The van der Waals surface area contributed by atoms with E-state index in [1.807, 2.05) is 11.5 Å². The summed E-state index contributed by atoms with van der Waals surface area (Å²) in [6.07, 6.45) is 5.02. The Hall–Kier alpha value is -1.43. The average Bonchev–Trinajstić information content (AvgIpc) is 3.23. The molecule has 0 radical (unpaired) electrons. The fourth-order valence-corrected chi connectivity index (χ4v) is 2.97. The third kappa shape index (κ3) is 2.57. The minimum atomic E-state index is -0.0709. The van der Waals surface area contributed by atoms with E-state index in [9.17, 15) is 4.79 Å². The molecule has 1 aliphatic carbocycles. The molecule has 1 aliphatic heterocycles. The number of nitrogens with zero attached hydrogens (tertiary/aromatic N) is 3. The molecule has 110 valence electrons. The van der Waals surface area contributed by atoms with Crippen molar-refractivity contribution in [2.75, 3.05) is 11.9 Å². The maximum Gasteiger partial charge on any atom is 0.232 e. The molecule has 6 nitrogen and oxygen atoms in total. The second kappa shape index (κ2) is 5.52. The number of nitrogens with one attached hydrogen (secondary N) is 1. The summed E-state index contributed by atoms with van der Waals surface area (Å²) in [5.41, 5.74) is 0. The van der Waals surface area contributed by atoms with Crippen molar-refractivity contribution < 1.29 is 9.53 Å². The average molecular weight is 278 g/mol. The molecule has 20 heavy (non-hydrogen) atoms. The topological polar surface area (TPSA) is 69.0 Å². The summed E-state index contributed by atoms with van der Waals surface area (Å²) >= 11 is 0. The lowest BCUT2D eigenvalue weighted by molar-refractivity contribution is -0.129. The normalized spacial score (nSPS) is 26.5. The Labute approximate surface area is 118 Å². The van der Waals surface area contributed by atoms with E-state index in [-0.39, 0.29) is 17.9 Å². The summed E-state index contributed by atoms with van der Waals surface area (Å²) in [6.45, 7) is 4.76. The monoisotopic (exact) mass is 278 g/mol. The SMILES string of the molecule is CC[C@@H]1OCCC[C@H]1C(=O)Nc1nnc(C)n1C1CC1. The van der Waals surface area contributed by atoms with Gasteiger partial charge in [0.25, 0.3) is 0 Å². The third-order valence-electron chi connectivity index (χ3n) is 4.19. The second-order valence-corrected chi connectivity index (χ2v) is 5.73. The van der Waals surface area contributed by atoms with Crippen LogP contribution in [0.25, 0.3) is 0 Å². The summed E-state index contributed by atoms with van der Waals surface area (Å²) < 4.78 is 7.73. The van der Waals surface area contributed by atoms with Gasteiger partial charge >= 0.3 is 0 Å². The van der Waals surface area contributed by atoms with E-state index in [1.54, 1.807) is 0 Å². The predicted octanol–water partition coefficient (Wildman–Crippen LogP) is 2.07. The zero-order valence-electron chi connectivity index (χ0n) is 12.1. The van der Waals surface area contributed by atoms with Gasteiger partial charge in [0, 0.05) is 12.6 Å². The van der Waals surface area contributed by atoms with Gasteiger partial charge in [-0.2, -0.15) is 0 Å². The maximum absolute atomic E-state index is 12.5. The Balaban J connectivity index is 1.72. The number of carbonyl (C=O) groups is 1. The quantitative estimate of drug-likeness (QED) is 0.915. The molecular formula is C14H22N4O2. The van der Waals surface area contributed by atoms with Crippen LogP contribution in [0.1, 0.15) is 50.9 Å². The maximum atomic E-state index is 12.5. The van der Waals surface area contributed by atoms with Crippen LogP contribution >= 0.6 is 0 Å². The number of carbonyl (C=O) groups excluding carboxylic acids is 1. The summed E-state index contributed by atoms with van der Waals surface area (Å²) in [4.78, 5) is 12.5. The number of rotatable bonds is 4. The van der Waals surface area contributed by atoms with Gasteiger partial charge in [-0.1, -0.05) is 6.92 Å². The van der Waals surface area contributed by atoms with Crippen molar-refractivity contribution in [2.45, 2.75) is 58.1 Å². The first-order chi connectivity index (χ1) is 9.70. The van der Waals surface area contributed by atoms with Gasteiger partial charge in [-0.05, 0) is 39.0 Å². The summed E-state index contributed by atoms with van der Waals surface area (Å²) in [5, 5.41) is 11.1. The zero-order valence-corrected chi connectivity index (χ0v) is 12.1. The molecule has 1 saturated carbocycles. The lowest BCUT2D eigenvalue weighted by Crippen LogP contribution is -2.38. The molecule has 2 atom stereocenters. The molecule has 1 amide bonds. The Morgan fingerprint density at radius 1 is 1.40 bits per heavy atom. The molecule has 1 saturated heterocycles. The number of aryl methyl sites for hydroxylation is 1. The number of aromatic nitrogens is 3. The highest BCUT2D eigenvalue weighted by atomic mass is 16.5. The highest BCUT2D eigenvalue weighted by Gasteiger charge is 2.33. The van der Waals surface area contributed by atoms with Crippen LogP contribution in [0.4, 0.5) is 5.95 Å². The molecule has 0 aromatic carbocycles. The standard InChI is InChI=1S/C14H22N4O2/c1-3-12-11(5-4-8-20-12)13(19)15-14-17-16-9(2)18(14)10-6-7-10/h10-12H,3-8H2,1-2H3,(H,15,17,19)/t11-,12+/m1/s1. The number of hydrogen-bond donors (Lipinski definition) is 1. The third-order valence-corrected chi connectivity index (χ3v) is 4.19. The lowest BCUT2D eigenvalue weighted by atomic mass is 9.92. The van der Waals surface area contributed by atoms with Crippen molar-refractivity contribution >= 4 is 11.9 Å². The van der Waals surface area contributed by atoms with Gasteiger partial charge in [0.2, 0.25) is 11.9 Å². The number of amides is 1. The molecule has 2 aliphatic rings. The van der Waals surface area contributed by atoms with Crippen LogP contribution in [0.3, 0.4) is 0 Å². The van der Waals surface area contributed by atoms with Gasteiger partial charge in [-0.15, -0.1) is 10.2 Å². The van der Waals surface area contributed by atoms with Crippen LogP contribution in [0.5, 0.6) is 0 Å². The van der Waals surface area contributed by atoms with E-state index in [1.165, 1.54) is 0 Å². The molecule has 1 N–H and O–H groups in total. The van der Waals surface area contributed by atoms with Crippen LogP contribution in [0.15, 0.2) is 0 Å². The molecule has 1 aromatic rings. The summed E-state index contributed by atoms with van der Waals surface area (Å²) in [7, 11) is 0. The van der Waals surface area contributed by atoms with Crippen molar-refractivity contribution in [3.05, 3.63) is 5.82 Å². The van der Waals surface area contributed by atoms with E-state index < -0.39 is 0 Å². The first-order valence-electron chi connectivity index (χ1n) is 7.54. The first-order valence-corrected chi connectivity index (χ1v) is 7.54. The van der Waals surface area contributed by atoms with Gasteiger partial charge in [-0.25, -0.2) is 0 Å². The fourth-order valence-electron chi connectivity index (χ4n) is 2.97. The molecule has 1 aromatic heterocycles. The summed E-state index contributed by atoms with van der Waals surface area (Å²) in [5.74, 6) is 1.41. The number of ether oxygens (including phenoxy) is 1. The molecule has 2 heterocycles. The molecule has 6 heteroatoms. The summed E-state index contributed by atoms with van der Waals surface area (Å²) in [6, 6.07) is 0.463. The largest absolute Gasteiger partial charge is 0.377 e. The van der Waals surface area contributed by atoms with Gasteiger partial charge < -0.3 is 4.74 Å². The van der Waals surface area contributed by atoms with Gasteiger partial charge in [-0.3, -0.25) is 14.7 Å². The van der Waals surface area contributed by atoms with E-state index in [2.05, 4.69) is 22.4 Å².